The van der Waals surface area contributed by atoms with Gasteiger partial charge in [0.2, 0.25) is 0 Å². The molecule has 1 saturated heterocycles. The number of hydrogen-bond donors (Lipinski definition) is 1. The van der Waals surface area contributed by atoms with Crippen LogP contribution in [0, 0.1) is 5.41 Å². The fourth-order valence-corrected chi connectivity index (χ4v) is 2.63. The standard InChI is InChI=1S/C15H29NO/c1-3-4-5-6-7-8-9-14(17)15(2)10-12-16-13-11-15/h16H,3-13H2,1-2H3. The van der Waals surface area contributed by atoms with E-state index >= 15 is 0 Å². The van der Waals surface area contributed by atoms with Crippen molar-refractivity contribution in [1.29, 1.82) is 0 Å². The van der Waals surface area contributed by atoms with Crippen molar-refractivity contribution in [3.05, 3.63) is 0 Å². The second-order valence-corrected chi connectivity index (χ2v) is 5.75. The molecule has 0 amide bonds. The summed E-state index contributed by atoms with van der Waals surface area (Å²) in [5.74, 6) is 0.509. The van der Waals surface area contributed by atoms with Gasteiger partial charge in [-0.1, -0.05) is 46.0 Å². The fourth-order valence-electron chi connectivity index (χ4n) is 2.63. The lowest BCUT2D eigenvalue weighted by Crippen LogP contribution is -2.39. The van der Waals surface area contributed by atoms with Crippen LogP contribution in [0.4, 0.5) is 0 Å². The van der Waals surface area contributed by atoms with Crippen LogP contribution in [0.2, 0.25) is 0 Å². The molecule has 0 unspecified atom stereocenters. The third-order valence-electron chi connectivity index (χ3n) is 4.14. The van der Waals surface area contributed by atoms with Crippen molar-refractivity contribution in [1.82, 2.24) is 5.32 Å². The Morgan fingerprint density at radius 2 is 1.65 bits per heavy atom. The number of unbranched alkanes of at least 4 members (excludes halogenated alkanes) is 5. The molecular formula is C15H29NO. The van der Waals surface area contributed by atoms with E-state index in [-0.39, 0.29) is 5.41 Å². The number of Topliss-reactive ketones (excluding diaryl/α,β-unsaturated/α-hetero) is 1. The summed E-state index contributed by atoms with van der Waals surface area (Å²) >= 11 is 0. The lowest BCUT2D eigenvalue weighted by Gasteiger charge is -2.32. The summed E-state index contributed by atoms with van der Waals surface area (Å²) in [6.07, 6.45) is 10.5. The van der Waals surface area contributed by atoms with E-state index in [1.165, 1.54) is 32.1 Å². The Balaban J connectivity index is 2.11. The topological polar surface area (TPSA) is 29.1 Å². The molecule has 0 radical (unpaired) electrons. The van der Waals surface area contributed by atoms with E-state index in [9.17, 15) is 4.79 Å². The van der Waals surface area contributed by atoms with Gasteiger partial charge in [-0.3, -0.25) is 4.79 Å². The second-order valence-electron chi connectivity index (χ2n) is 5.75. The zero-order valence-corrected chi connectivity index (χ0v) is 11.7. The van der Waals surface area contributed by atoms with Gasteiger partial charge in [-0.25, -0.2) is 0 Å². The first-order valence-corrected chi connectivity index (χ1v) is 7.43. The first-order valence-electron chi connectivity index (χ1n) is 7.43. The monoisotopic (exact) mass is 239 g/mol. The highest BCUT2D eigenvalue weighted by atomic mass is 16.1. The van der Waals surface area contributed by atoms with Crippen LogP contribution in [0.15, 0.2) is 0 Å². The summed E-state index contributed by atoms with van der Waals surface area (Å²) in [6.45, 7) is 6.42. The van der Waals surface area contributed by atoms with Gasteiger partial charge in [-0.15, -0.1) is 0 Å². The average molecular weight is 239 g/mol. The molecule has 2 heteroatoms. The first kappa shape index (κ1) is 14.7. The molecule has 0 aromatic rings. The molecule has 0 bridgehead atoms. The van der Waals surface area contributed by atoms with E-state index in [1.807, 2.05) is 0 Å². The zero-order valence-electron chi connectivity index (χ0n) is 11.7. The number of nitrogens with one attached hydrogen (secondary N) is 1. The molecule has 0 atom stereocenters. The smallest absolute Gasteiger partial charge is 0.138 e. The van der Waals surface area contributed by atoms with Crippen LogP contribution in [-0.2, 0) is 4.79 Å². The van der Waals surface area contributed by atoms with Crippen molar-refractivity contribution in [2.75, 3.05) is 13.1 Å². The number of carbonyl (C=O) groups excluding carboxylic acids is 1. The number of hydrogen-bond acceptors (Lipinski definition) is 2. The Kier molecular flexibility index (Phi) is 6.79. The Hall–Kier alpha value is -0.370. The predicted octanol–water partition coefficient (Wildman–Crippen LogP) is 3.70. The summed E-state index contributed by atoms with van der Waals surface area (Å²) < 4.78 is 0. The van der Waals surface area contributed by atoms with E-state index < -0.39 is 0 Å². The summed E-state index contributed by atoms with van der Waals surface area (Å²) in [6, 6.07) is 0. The van der Waals surface area contributed by atoms with E-state index in [0.717, 1.165) is 38.8 Å². The van der Waals surface area contributed by atoms with E-state index in [2.05, 4.69) is 19.2 Å². The van der Waals surface area contributed by atoms with Crippen LogP contribution < -0.4 is 5.32 Å². The van der Waals surface area contributed by atoms with Crippen molar-refractivity contribution >= 4 is 5.78 Å². The molecule has 1 aliphatic heterocycles. The largest absolute Gasteiger partial charge is 0.317 e. The maximum Gasteiger partial charge on any atom is 0.138 e. The highest BCUT2D eigenvalue weighted by Crippen LogP contribution is 2.30. The third-order valence-corrected chi connectivity index (χ3v) is 4.14. The Bertz CT molecular complexity index is 219. The lowest BCUT2D eigenvalue weighted by molar-refractivity contribution is -0.129. The second kappa shape index (κ2) is 7.86. The van der Waals surface area contributed by atoms with Gasteiger partial charge < -0.3 is 5.32 Å². The minimum atomic E-state index is -0.0192. The molecule has 0 saturated carbocycles. The maximum absolute atomic E-state index is 12.2. The highest BCUT2D eigenvalue weighted by molar-refractivity contribution is 5.84. The quantitative estimate of drug-likeness (QED) is 0.654. The number of piperidine rings is 1. The van der Waals surface area contributed by atoms with Crippen LogP contribution in [0.1, 0.15) is 71.6 Å². The SMILES string of the molecule is CCCCCCCCC(=O)C1(C)CCNCC1. The lowest BCUT2D eigenvalue weighted by atomic mass is 9.76. The normalized spacial score (nSPS) is 19.2. The minimum Gasteiger partial charge on any atom is -0.317 e. The summed E-state index contributed by atoms with van der Waals surface area (Å²) in [5.41, 5.74) is -0.0192. The van der Waals surface area contributed by atoms with Gasteiger partial charge in [0.1, 0.15) is 5.78 Å². The molecule has 1 rings (SSSR count). The van der Waals surface area contributed by atoms with Gasteiger partial charge in [-0.2, -0.15) is 0 Å². The zero-order chi connectivity index (χ0) is 12.6. The molecular weight excluding hydrogens is 210 g/mol. The van der Waals surface area contributed by atoms with Crippen LogP contribution >= 0.6 is 0 Å². The molecule has 1 heterocycles. The van der Waals surface area contributed by atoms with Crippen LogP contribution in [-0.4, -0.2) is 18.9 Å². The molecule has 1 N–H and O–H groups in total. The fraction of sp³-hybridized carbons (Fsp3) is 0.933. The van der Waals surface area contributed by atoms with Crippen molar-refractivity contribution in [2.24, 2.45) is 5.41 Å². The van der Waals surface area contributed by atoms with Crippen LogP contribution in [0.5, 0.6) is 0 Å². The van der Waals surface area contributed by atoms with E-state index in [4.69, 9.17) is 0 Å². The minimum absolute atomic E-state index is 0.0192. The van der Waals surface area contributed by atoms with Gasteiger partial charge >= 0.3 is 0 Å². The number of ketones is 1. The van der Waals surface area contributed by atoms with E-state index in [0.29, 0.717) is 5.78 Å². The summed E-state index contributed by atoms with van der Waals surface area (Å²) in [7, 11) is 0. The molecule has 0 aliphatic carbocycles. The summed E-state index contributed by atoms with van der Waals surface area (Å²) in [4.78, 5) is 12.2. The van der Waals surface area contributed by atoms with Gasteiger partial charge in [0.15, 0.2) is 0 Å². The first-order chi connectivity index (χ1) is 8.19. The average Bonchev–Trinajstić information content (AvgIpc) is 2.34. The molecule has 0 aromatic carbocycles. The Morgan fingerprint density at radius 3 is 2.29 bits per heavy atom. The molecule has 1 fully saturated rings. The van der Waals surface area contributed by atoms with Crippen molar-refractivity contribution in [3.8, 4) is 0 Å². The molecule has 100 valence electrons. The predicted molar refractivity (Wildman–Crippen MR) is 73.2 cm³/mol. The van der Waals surface area contributed by atoms with Crippen molar-refractivity contribution < 1.29 is 4.79 Å². The highest BCUT2D eigenvalue weighted by Gasteiger charge is 2.33. The maximum atomic E-state index is 12.2. The third kappa shape index (κ3) is 5.20. The molecule has 2 nitrogen and oxygen atoms in total. The van der Waals surface area contributed by atoms with Gasteiger partial charge in [0.25, 0.3) is 0 Å². The van der Waals surface area contributed by atoms with Crippen molar-refractivity contribution in [2.45, 2.75) is 71.6 Å². The molecule has 1 aliphatic rings. The van der Waals surface area contributed by atoms with Crippen molar-refractivity contribution in [3.63, 3.8) is 0 Å². The molecule has 0 aromatic heterocycles. The van der Waals surface area contributed by atoms with Gasteiger partial charge in [0.05, 0.1) is 0 Å². The molecule has 17 heavy (non-hydrogen) atoms. The number of rotatable bonds is 8. The molecule has 0 spiro atoms. The van der Waals surface area contributed by atoms with Crippen LogP contribution in [0.3, 0.4) is 0 Å². The van der Waals surface area contributed by atoms with Gasteiger partial charge in [-0.05, 0) is 32.4 Å². The summed E-state index contributed by atoms with van der Waals surface area (Å²) in [5, 5.41) is 3.33. The Morgan fingerprint density at radius 1 is 1.06 bits per heavy atom. The van der Waals surface area contributed by atoms with Crippen LogP contribution in [0.25, 0.3) is 0 Å². The van der Waals surface area contributed by atoms with E-state index in [1.54, 1.807) is 0 Å². The Labute approximate surface area is 107 Å². The number of carbonyl (C=O) groups is 1. The van der Waals surface area contributed by atoms with Gasteiger partial charge in [0, 0.05) is 11.8 Å².